The molecule has 1 aromatic heterocycles. The maximum atomic E-state index is 10.6. The van der Waals surface area contributed by atoms with Gasteiger partial charge < -0.3 is 5.32 Å². The Balaban J connectivity index is 2.19. The Labute approximate surface area is 117 Å². The molecule has 0 fully saturated rings. The van der Waals surface area contributed by atoms with Gasteiger partial charge >= 0.3 is 0 Å². The van der Waals surface area contributed by atoms with Crippen LogP contribution >= 0.6 is 0 Å². The SMILES string of the molecule is Cc1nn(C)c(C)c1NC(C)c1ccc([N+](=O)[O-])cc1. The molecule has 1 atom stereocenters. The highest BCUT2D eigenvalue weighted by molar-refractivity contribution is 5.53. The van der Waals surface area contributed by atoms with Gasteiger partial charge in [-0.25, -0.2) is 0 Å². The summed E-state index contributed by atoms with van der Waals surface area (Å²) in [5.74, 6) is 0. The van der Waals surface area contributed by atoms with Gasteiger partial charge in [0.2, 0.25) is 0 Å². The fraction of sp³-hybridized carbons (Fsp3) is 0.357. The van der Waals surface area contributed by atoms with Crippen LogP contribution in [0.1, 0.15) is 29.9 Å². The normalized spacial score (nSPS) is 12.2. The number of benzene rings is 1. The topological polar surface area (TPSA) is 73.0 Å². The molecule has 6 heteroatoms. The van der Waals surface area contributed by atoms with Crippen LogP contribution in [0.5, 0.6) is 0 Å². The molecule has 20 heavy (non-hydrogen) atoms. The van der Waals surface area contributed by atoms with Crippen LogP contribution in [0.15, 0.2) is 24.3 Å². The number of anilines is 1. The summed E-state index contributed by atoms with van der Waals surface area (Å²) in [5, 5.41) is 18.4. The van der Waals surface area contributed by atoms with Gasteiger partial charge in [-0.2, -0.15) is 5.10 Å². The Morgan fingerprint density at radius 1 is 1.30 bits per heavy atom. The van der Waals surface area contributed by atoms with Crippen LogP contribution < -0.4 is 5.32 Å². The Kier molecular flexibility index (Phi) is 3.74. The van der Waals surface area contributed by atoms with Crippen molar-refractivity contribution in [2.24, 2.45) is 7.05 Å². The molecule has 0 aliphatic carbocycles. The molecule has 106 valence electrons. The summed E-state index contributed by atoms with van der Waals surface area (Å²) in [7, 11) is 1.91. The van der Waals surface area contributed by atoms with Crippen LogP contribution in [-0.2, 0) is 7.05 Å². The van der Waals surface area contributed by atoms with E-state index in [2.05, 4.69) is 10.4 Å². The maximum Gasteiger partial charge on any atom is 0.269 e. The summed E-state index contributed by atoms with van der Waals surface area (Å²) < 4.78 is 1.83. The minimum Gasteiger partial charge on any atom is -0.376 e. The zero-order chi connectivity index (χ0) is 14.9. The summed E-state index contributed by atoms with van der Waals surface area (Å²) in [6.45, 7) is 5.98. The van der Waals surface area contributed by atoms with Crippen molar-refractivity contribution < 1.29 is 4.92 Å². The first-order chi connectivity index (χ1) is 9.40. The molecule has 1 aromatic carbocycles. The Morgan fingerprint density at radius 2 is 1.90 bits per heavy atom. The highest BCUT2D eigenvalue weighted by atomic mass is 16.6. The van der Waals surface area contributed by atoms with Gasteiger partial charge in [-0.05, 0) is 26.3 Å². The molecule has 2 aromatic rings. The van der Waals surface area contributed by atoms with Crippen LogP contribution in [-0.4, -0.2) is 14.7 Å². The van der Waals surface area contributed by atoms with E-state index in [9.17, 15) is 10.1 Å². The quantitative estimate of drug-likeness (QED) is 0.686. The number of nitrogens with one attached hydrogen (secondary N) is 1. The van der Waals surface area contributed by atoms with Crippen molar-refractivity contribution in [2.45, 2.75) is 26.8 Å². The van der Waals surface area contributed by atoms with Gasteiger partial charge in [-0.1, -0.05) is 12.1 Å². The van der Waals surface area contributed by atoms with E-state index in [0.717, 1.165) is 22.6 Å². The van der Waals surface area contributed by atoms with Crippen molar-refractivity contribution in [3.05, 3.63) is 51.3 Å². The van der Waals surface area contributed by atoms with Gasteiger partial charge in [0.15, 0.2) is 0 Å². The van der Waals surface area contributed by atoms with Crippen molar-refractivity contribution in [1.29, 1.82) is 0 Å². The lowest BCUT2D eigenvalue weighted by Gasteiger charge is -2.16. The van der Waals surface area contributed by atoms with E-state index >= 15 is 0 Å². The van der Waals surface area contributed by atoms with E-state index in [-0.39, 0.29) is 11.7 Å². The van der Waals surface area contributed by atoms with Crippen molar-refractivity contribution in [1.82, 2.24) is 9.78 Å². The van der Waals surface area contributed by atoms with Crippen molar-refractivity contribution in [3.63, 3.8) is 0 Å². The molecule has 0 saturated heterocycles. The molecule has 0 bridgehead atoms. The number of aromatic nitrogens is 2. The Morgan fingerprint density at radius 3 is 2.35 bits per heavy atom. The van der Waals surface area contributed by atoms with E-state index in [1.807, 2.05) is 32.5 Å². The van der Waals surface area contributed by atoms with Gasteiger partial charge in [0.05, 0.1) is 22.0 Å². The predicted octanol–water partition coefficient (Wildman–Crippen LogP) is 3.12. The number of rotatable bonds is 4. The average molecular weight is 274 g/mol. The molecule has 0 amide bonds. The summed E-state index contributed by atoms with van der Waals surface area (Å²) in [6.07, 6.45) is 0. The van der Waals surface area contributed by atoms with Crippen LogP contribution in [0.4, 0.5) is 11.4 Å². The predicted molar refractivity (Wildman–Crippen MR) is 77.8 cm³/mol. The maximum absolute atomic E-state index is 10.6. The number of non-ortho nitro benzene ring substituents is 1. The van der Waals surface area contributed by atoms with Gasteiger partial charge in [0.25, 0.3) is 5.69 Å². The van der Waals surface area contributed by atoms with Crippen LogP contribution in [0.25, 0.3) is 0 Å². The molecule has 1 heterocycles. The largest absolute Gasteiger partial charge is 0.376 e. The molecule has 2 rings (SSSR count). The monoisotopic (exact) mass is 274 g/mol. The third kappa shape index (κ3) is 2.64. The van der Waals surface area contributed by atoms with Crippen LogP contribution in [0.3, 0.4) is 0 Å². The molecule has 1 N–H and O–H groups in total. The highest BCUT2D eigenvalue weighted by Gasteiger charge is 2.14. The lowest BCUT2D eigenvalue weighted by Crippen LogP contribution is -2.08. The molecule has 6 nitrogen and oxygen atoms in total. The first-order valence-corrected chi connectivity index (χ1v) is 6.41. The van der Waals surface area contributed by atoms with Crippen molar-refractivity contribution in [2.75, 3.05) is 5.32 Å². The summed E-state index contributed by atoms with van der Waals surface area (Å²) in [4.78, 5) is 10.3. The molecule has 0 aliphatic heterocycles. The third-order valence-electron chi connectivity index (χ3n) is 3.47. The van der Waals surface area contributed by atoms with Crippen molar-refractivity contribution >= 4 is 11.4 Å². The van der Waals surface area contributed by atoms with E-state index in [1.54, 1.807) is 12.1 Å². The molecule has 0 aliphatic rings. The number of hydrogen-bond acceptors (Lipinski definition) is 4. The fourth-order valence-electron chi connectivity index (χ4n) is 2.17. The van der Waals surface area contributed by atoms with Crippen molar-refractivity contribution in [3.8, 4) is 0 Å². The molecule has 0 spiro atoms. The lowest BCUT2D eigenvalue weighted by molar-refractivity contribution is -0.384. The van der Waals surface area contributed by atoms with Gasteiger partial charge in [0, 0.05) is 25.2 Å². The minimum atomic E-state index is -0.392. The molecule has 0 saturated carbocycles. The molecule has 1 unspecified atom stereocenters. The van der Waals surface area contributed by atoms with E-state index in [0.29, 0.717) is 0 Å². The first-order valence-electron chi connectivity index (χ1n) is 6.41. The number of nitrogens with zero attached hydrogens (tertiary/aromatic N) is 3. The number of hydrogen-bond donors (Lipinski definition) is 1. The second-order valence-electron chi connectivity index (χ2n) is 4.88. The van der Waals surface area contributed by atoms with E-state index < -0.39 is 4.92 Å². The van der Waals surface area contributed by atoms with Crippen LogP contribution in [0.2, 0.25) is 0 Å². The second-order valence-corrected chi connectivity index (χ2v) is 4.88. The highest BCUT2D eigenvalue weighted by Crippen LogP contribution is 2.25. The zero-order valence-corrected chi connectivity index (χ0v) is 12.0. The van der Waals surface area contributed by atoms with E-state index in [1.165, 1.54) is 12.1 Å². The smallest absolute Gasteiger partial charge is 0.269 e. The van der Waals surface area contributed by atoms with Gasteiger partial charge in [-0.15, -0.1) is 0 Å². The summed E-state index contributed by atoms with van der Waals surface area (Å²) in [6, 6.07) is 6.65. The fourth-order valence-corrected chi connectivity index (χ4v) is 2.17. The first kappa shape index (κ1) is 14.0. The Hall–Kier alpha value is -2.37. The number of nitro groups is 1. The molecular weight excluding hydrogens is 256 g/mol. The van der Waals surface area contributed by atoms with Gasteiger partial charge in [0.1, 0.15) is 0 Å². The molecular formula is C14H18N4O2. The Bertz CT molecular complexity index is 631. The van der Waals surface area contributed by atoms with Gasteiger partial charge in [-0.3, -0.25) is 14.8 Å². The van der Waals surface area contributed by atoms with E-state index in [4.69, 9.17) is 0 Å². The van der Waals surface area contributed by atoms with Crippen LogP contribution in [0, 0.1) is 24.0 Å². The third-order valence-corrected chi connectivity index (χ3v) is 3.47. The summed E-state index contributed by atoms with van der Waals surface area (Å²) in [5.41, 5.74) is 4.13. The standard InChI is InChI=1S/C14H18N4O2/c1-9(12-5-7-13(8-6-12)18(19)20)15-14-10(2)16-17(4)11(14)3/h5-9,15H,1-4H3. The number of nitro benzene ring substituents is 1. The molecule has 0 radical (unpaired) electrons. The lowest BCUT2D eigenvalue weighted by atomic mass is 10.1. The zero-order valence-electron chi connectivity index (χ0n) is 12.0. The number of aryl methyl sites for hydroxylation is 2. The minimum absolute atomic E-state index is 0.0532. The second kappa shape index (κ2) is 5.32. The average Bonchev–Trinajstić information content (AvgIpc) is 2.65. The summed E-state index contributed by atoms with van der Waals surface area (Å²) >= 11 is 0.